The molecule has 0 unspecified atom stereocenters. The number of fused-ring (bicyclic) bond motifs is 1. The Labute approximate surface area is 229 Å². The van der Waals surface area contributed by atoms with Crippen LogP contribution in [0.1, 0.15) is 62.1 Å². The number of piperidine rings is 1. The van der Waals surface area contributed by atoms with Crippen molar-refractivity contribution in [2.45, 2.75) is 58.8 Å². The molecule has 2 aromatic heterocycles. The van der Waals surface area contributed by atoms with Gasteiger partial charge in [-0.25, -0.2) is 9.97 Å². The Morgan fingerprint density at radius 2 is 2.08 bits per heavy atom. The molecule has 0 saturated carbocycles. The van der Waals surface area contributed by atoms with E-state index < -0.39 is 11.8 Å². The lowest BCUT2D eigenvalue weighted by Crippen LogP contribution is -2.37. The minimum absolute atomic E-state index is 0.261. The van der Waals surface area contributed by atoms with Crippen LogP contribution < -0.4 is 16.4 Å². The van der Waals surface area contributed by atoms with Crippen LogP contribution in [0, 0.1) is 11.8 Å². The molecule has 3 aromatic rings. The van der Waals surface area contributed by atoms with Crippen LogP contribution in [0.2, 0.25) is 0 Å². The fraction of sp³-hybridized carbons (Fsp3) is 0.517. The van der Waals surface area contributed by atoms with Gasteiger partial charge in [0.2, 0.25) is 0 Å². The average Bonchev–Trinajstić information content (AvgIpc) is 3.31. The standard InChI is InChI=1S/C29H40N6O2S/c1-5-21-14-22(16-31-26(21)30)33-28(37)27(36)32-15-18(2)7-6-8-20-9-10-25-24(13-20)34-29(38-25)23-11-12-35(4)17-19(23)3/h9-10,13-14,16,18-19,23H,5-8,11-12,15,17H2,1-4H3,(H2,30,31)(H,32,36)(H,33,37)/t18-,19-,23-/m0/s1. The maximum Gasteiger partial charge on any atom is 0.313 e. The molecule has 38 heavy (non-hydrogen) atoms. The van der Waals surface area contributed by atoms with Crippen molar-refractivity contribution in [3.63, 3.8) is 0 Å². The Morgan fingerprint density at radius 3 is 2.84 bits per heavy atom. The van der Waals surface area contributed by atoms with Crippen molar-refractivity contribution < 1.29 is 9.59 Å². The minimum Gasteiger partial charge on any atom is -0.383 e. The van der Waals surface area contributed by atoms with Gasteiger partial charge in [-0.05, 0) is 86.9 Å². The van der Waals surface area contributed by atoms with E-state index in [0.717, 1.165) is 43.4 Å². The highest BCUT2D eigenvalue weighted by molar-refractivity contribution is 7.18. The molecule has 1 saturated heterocycles. The number of aryl methyl sites for hydroxylation is 2. The van der Waals surface area contributed by atoms with Crippen LogP contribution in [0.3, 0.4) is 0 Å². The third-order valence-corrected chi connectivity index (χ3v) is 8.68. The summed E-state index contributed by atoms with van der Waals surface area (Å²) in [6.45, 7) is 9.11. The zero-order chi connectivity index (χ0) is 27.2. The molecule has 2 amide bonds. The number of hydrogen-bond donors (Lipinski definition) is 3. The first-order valence-corrected chi connectivity index (χ1v) is 14.5. The molecule has 4 rings (SSSR count). The van der Waals surface area contributed by atoms with E-state index in [1.807, 2.05) is 18.3 Å². The van der Waals surface area contributed by atoms with Gasteiger partial charge in [0.1, 0.15) is 5.82 Å². The first-order chi connectivity index (χ1) is 18.2. The molecule has 1 aliphatic heterocycles. The van der Waals surface area contributed by atoms with Crippen LogP contribution in [0.4, 0.5) is 11.5 Å². The van der Waals surface area contributed by atoms with E-state index in [2.05, 4.69) is 59.6 Å². The van der Waals surface area contributed by atoms with Gasteiger partial charge in [-0.2, -0.15) is 0 Å². The van der Waals surface area contributed by atoms with Gasteiger partial charge in [0.05, 0.1) is 27.1 Å². The highest BCUT2D eigenvalue weighted by Crippen LogP contribution is 2.37. The molecule has 8 nitrogen and oxygen atoms in total. The number of carbonyl (C=O) groups excluding carboxylic acids is 2. The van der Waals surface area contributed by atoms with Gasteiger partial charge >= 0.3 is 11.8 Å². The number of benzene rings is 1. The van der Waals surface area contributed by atoms with Gasteiger partial charge < -0.3 is 21.3 Å². The molecular weight excluding hydrogens is 496 g/mol. The maximum atomic E-state index is 12.3. The summed E-state index contributed by atoms with van der Waals surface area (Å²) in [5.74, 6) is 0.541. The number of carbonyl (C=O) groups is 2. The van der Waals surface area contributed by atoms with Gasteiger partial charge in [0.15, 0.2) is 0 Å². The second kappa shape index (κ2) is 12.7. The monoisotopic (exact) mass is 536 g/mol. The second-order valence-corrected chi connectivity index (χ2v) is 11.8. The van der Waals surface area contributed by atoms with E-state index in [9.17, 15) is 9.59 Å². The number of amides is 2. The topological polar surface area (TPSA) is 113 Å². The lowest BCUT2D eigenvalue weighted by Gasteiger charge is -2.33. The number of thiazole rings is 1. The predicted molar refractivity (Wildman–Crippen MR) is 155 cm³/mol. The normalized spacial score (nSPS) is 18.8. The van der Waals surface area contributed by atoms with Crippen molar-refractivity contribution in [1.82, 2.24) is 20.2 Å². The first kappa shape index (κ1) is 28.0. The largest absolute Gasteiger partial charge is 0.383 e. The van der Waals surface area contributed by atoms with Crippen molar-refractivity contribution >= 4 is 44.9 Å². The van der Waals surface area contributed by atoms with E-state index in [1.165, 1.54) is 27.9 Å². The molecule has 0 bridgehead atoms. The Kier molecular flexibility index (Phi) is 9.33. The van der Waals surface area contributed by atoms with E-state index in [-0.39, 0.29) is 5.92 Å². The van der Waals surface area contributed by atoms with Gasteiger partial charge in [0, 0.05) is 19.0 Å². The average molecular weight is 537 g/mol. The number of nitrogen functional groups attached to an aromatic ring is 1. The Morgan fingerprint density at radius 1 is 1.26 bits per heavy atom. The predicted octanol–water partition coefficient (Wildman–Crippen LogP) is 4.60. The molecule has 204 valence electrons. The van der Waals surface area contributed by atoms with Gasteiger partial charge in [0.25, 0.3) is 0 Å². The molecule has 3 heterocycles. The molecule has 9 heteroatoms. The fourth-order valence-electron chi connectivity index (χ4n) is 5.19. The first-order valence-electron chi connectivity index (χ1n) is 13.6. The van der Waals surface area contributed by atoms with Crippen molar-refractivity contribution in [3.8, 4) is 0 Å². The lowest BCUT2D eigenvalue weighted by atomic mass is 9.88. The molecular formula is C29H40N6O2S. The number of likely N-dealkylation sites (tertiary alicyclic amines) is 1. The van der Waals surface area contributed by atoms with Crippen molar-refractivity contribution in [2.24, 2.45) is 11.8 Å². The number of nitrogens with two attached hydrogens (primary N) is 1. The molecule has 1 aromatic carbocycles. The van der Waals surface area contributed by atoms with Gasteiger partial charge in [-0.15, -0.1) is 11.3 Å². The van der Waals surface area contributed by atoms with Crippen LogP contribution in [0.25, 0.3) is 10.2 Å². The third kappa shape index (κ3) is 7.08. The molecule has 0 radical (unpaired) electrons. The number of hydrogen-bond acceptors (Lipinski definition) is 7. The molecule has 4 N–H and O–H groups in total. The number of anilines is 2. The number of nitrogens with one attached hydrogen (secondary N) is 2. The van der Waals surface area contributed by atoms with E-state index >= 15 is 0 Å². The van der Waals surface area contributed by atoms with Crippen LogP contribution in [-0.2, 0) is 22.4 Å². The van der Waals surface area contributed by atoms with Crippen LogP contribution in [0.15, 0.2) is 30.5 Å². The zero-order valence-electron chi connectivity index (χ0n) is 22.9. The summed E-state index contributed by atoms with van der Waals surface area (Å²) in [6.07, 6.45) is 6.27. The van der Waals surface area contributed by atoms with Gasteiger partial charge in [-0.1, -0.05) is 26.8 Å². The summed E-state index contributed by atoms with van der Waals surface area (Å²) < 4.78 is 1.27. The summed E-state index contributed by atoms with van der Waals surface area (Å²) in [4.78, 5) is 36.0. The summed E-state index contributed by atoms with van der Waals surface area (Å²) in [6, 6.07) is 8.42. The van der Waals surface area contributed by atoms with Crippen molar-refractivity contribution in [3.05, 3.63) is 46.6 Å². The molecule has 1 fully saturated rings. The van der Waals surface area contributed by atoms with Crippen LogP contribution >= 0.6 is 11.3 Å². The number of pyridine rings is 1. The maximum absolute atomic E-state index is 12.3. The lowest BCUT2D eigenvalue weighted by molar-refractivity contribution is -0.136. The van der Waals surface area contributed by atoms with Crippen molar-refractivity contribution in [2.75, 3.05) is 37.7 Å². The Balaban J connectivity index is 1.21. The molecule has 3 atom stereocenters. The smallest absolute Gasteiger partial charge is 0.313 e. The molecule has 0 aliphatic carbocycles. The van der Waals surface area contributed by atoms with Crippen LogP contribution in [0.5, 0.6) is 0 Å². The number of aromatic nitrogens is 2. The van der Waals surface area contributed by atoms with Crippen LogP contribution in [-0.4, -0.2) is 53.4 Å². The minimum atomic E-state index is -0.698. The Hall–Kier alpha value is -3.04. The summed E-state index contributed by atoms with van der Waals surface area (Å²) >= 11 is 1.85. The third-order valence-electron chi connectivity index (χ3n) is 7.51. The second-order valence-electron chi connectivity index (χ2n) is 10.8. The van der Waals surface area contributed by atoms with E-state index in [0.29, 0.717) is 36.3 Å². The van der Waals surface area contributed by atoms with E-state index in [1.54, 1.807) is 6.07 Å². The summed E-state index contributed by atoms with van der Waals surface area (Å²) in [5, 5.41) is 6.63. The fourth-order valence-corrected chi connectivity index (χ4v) is 6.41. The zero-order valence-corrected chi connectivity index (χ0v) is 23.7. The summed E-state index contributed by atoms with van der Waals surface area (Å²) in [7, 11) is 2.20. The molecule has 1 aliphatic rings. The summed E-state index contributed by atoms with van der Waals surface area (Å²) in [5.41, 5.74) is 9.51. The number of rotatable bonds is 9. The van der Waals surface area contributed by atoms with Crippen molar-refractivity contribution in [1.29, 1.82) is 0 Å². The van der Waals surface area contributed by atoms with E-state index in [4.69, 9.17) is 10.7 Å². The Bertz CT molecular complexity index is 1280. The molecule has 0 spiro atoms. The SMILES string of the molecule is CCc1cc(NC(=O)C(=O)NC[C@@H](C)CCCc2ccc3sc([C@H]4CCN(C)C[C@@H]4C)nc3c2)cnc1N. The highest BCUT2D eigenvalue weighted by atomic mass is 32.1. The quantitative estimate of drug-likeness (QED) is 0.344. The highest BCUT2D eigenvalue weighted by Gasteiger charge is 2.28. The number of nitrogens with zero attached hydrogens (tertiary/aromatic N) is 3. The van der Waals surface area contributed by atoms with Gasteiger partial charge in [-0.3, -0.25) is 9.59 Å².